The van der Waals surface area contributed by atoms with Crippen LogP contribution in [-0.2, 0) is 4.74 Å². The van der Waals surface area contributed by atoms with Gasteiger partial charge in [0.1, 0.15) is 6.04 Å². The standard InChI is InChI=1S/C10H19N3O/c1-12-9(6-11)7-13-5-3-4-10(8-13)14-2/h9-10,12H,3-5,7-8H2,1-2H3. The molecule has 2 unspecified atom stereocenters. The molecule has 1 N–H and O–H groups in total. The summed E-state index contributed by atoms with van der Waals surface area (Å²) < 4.78 is 5.33. The van der Waals surface area contributed by atoms with Crippen LogP contribution in [0.25, 0.3) is 0 Å². The van der Waals surface area contributed by atoms with Gasteiger partial charge in [-0.15, -0.1) is 0 Å². The maximum absolute atomic E-state index is 8.81. The molecule has 0 amide bonds. The molecule has 0 aliphatic carbocycles. The molecule has 0 spiro atoms. The molecule has 14 heavy (non-hydrogen) atoms. The molecule has 1 aliphatic heterocycles. The molecule has 80 valence electrons. The minimum absolute atomic E-state index is 0.0643. The number of nitrogens with one attached hydrogen (secondary N) is 1. The number of methoxy groups -OCH3 is 1. The molecule has 0 radical (unpaired) electrons. The average Bonchev–Trinajstić information content (AvgIpc) is 2.26. The van der Waals surface area contributed by atoms with E-state index in [-0.39, 0.29) is 6.04 Å². The summed E-state index contributed by atoms with van der Waals surface area (Å²) in [7, 11) is 3.58. The van der Waals surface area contributed by atoms with E-state index >= 15 is 0 Å². The number of likely N-dealkylation sites (N-methyl/N-ethyl adjacent to an activating group) is 1. The van der Waals surface area contributed by atoms with Crippen LogP contribution in [0, 0.1) is 11.3 Å². The first-order chi connectivity index (χ1) is 6.80. The summed E-state index contributed by atoms with van der Waals surface area (Å²) in [5.41, 5.74) is 0. The van der Waals surface area contributed by atoms with Crippen LogP contribution in [0.1, 0.15) is 12.8 Å². The van der Waals surface area contributed by atoms with Crippen molar-refractivity contribution in [3.63, 3.8) is 0 Å². The van der Waals surface area contributed by atoms with E-state index in [1.807, 2.05) is 7.05 Å². The van der Waals surface area contributed by atoms with Gasteiger partial charge in [-0.1, -0.05) is 0 Å². The van der Waals surface area contributed by atoms with E-state index in [0.717, 1.165) is 26.1 Å². The van der Waals surface area contributed by atoms with E-state index in [4.69, 9.17) is 10.00 Å². The number of likely N-dealkylation sites (tertiary alicyclic amines) is 1. The van der Waals surface area contributed by atoms with Gasteiger partial charge < -0.3 is 10.1 Å². The van der Waals surface area contributed by atoms with Gasteiger partial charge in [0.05, 0.1) is 12.2 Å². The Morgan fingerprint density at radius 2 is 2.50 bits per heavy atom. The molecule has 1 aliphatic rings. The summed E-state index contributed by atoms with van der Waals surface area (Å²) in [5, 5.41) is 11.8. The molecule has 4 nitrogen and oxygen atoms in total. The zero-order valence-electron chi connectivity index (χ0n) is 8.99. The van der Waals surface area contributed by atoms with Crippen molar-refractivity contribution in [1.29, 1.82) is 5.26 Å². The van der Waals surface area contributed by atoms with Crippen LogP contribution in [0.5, 0.6) is 0 Å². The van der Waals surface area contributed by atoms with E-state index in [1.165, 1.54) is 6.42 Å². The minimum atomic E-state index is -0.0643. The van der Waals surface area contributed by atoms with Crippen molar-refractivity contribution < 1.29 is 4.74 Å². The van der Waals surface area contributed by atoms with Crippen LogP contribution < -0.4 is 5.32 Å². The van der Waals surface area contributed by atoms with Crippen LogP contribution in [-0.4, -0.2) is 50.8 Å². The van der Waals surface area contributed by atoms with Gasteiger partial charge in [0, 0.05) is 20.2 Å². The number of hydrogen-bond donors (Lipinski definition) is 1. The Labute approximate surface area is 85.8 Å². The quantitative estimate of drug-likeness (QED) is 0.700. The van der Waals surface area contributed by atoms with Crippen LogP contribution in [0.4, 0.5) is 0 Å². The van der Waals surface area contributed by atoms with Crippen molar-refractivity contribution in [1.82, 2.24) is 10.2 Å². The fourth-order valence-electron chi connectivity index (χ4n) is 1.83. The van der Waals surface area contributed by atoms with Crippen molar-refractivity contribution in [2.45, 2.75) is 25.0 Å². The third-order valence-electron chi connectivity index (χ3n) is 2.74. The molecule has 0 aromatic carbocycles. The van der Waals surface area contributed by atoms with E-state index in [1.54, 1.807) is 7.11 Å². The van der Waals surface area contributed by atoms with Crippen LogP contribution in [0.15, 0.2) is 0 Å². The summed E-state index contributed by atoms with van der Waals surface area (Å²) in [6.07, 6.45) is 2.66. The van der Waals surface area contributed by atoms with E-state index in [9.17, 15) is 0 Å². The number of ether oxygens (including phenoxy) is 1. The lowest BCUT2D eigenvalue weighted by Gasteiger charge is -2.32. The Kier molecular flexibility index (Phi) is 4.88. The number of rotatable bonds is 4. The van der Waals surface area contributed by atoms with Gasteiger partial charge in [0.25, 0.3) is 0 Å². The molecule has 0 aromatic heterocycles. The highest BCUT2D eigenvalue weighted by atomic mass is 16.5. The Hall–Kier alpha value is -0.630. The molecule has 0 saturated carbocycles. The van der Waals surface area contributed by atoms with Gasteiger partial charge in [-0.05, 0) is 26.4 Å². The fourth-order valence-corrected chi connectivity index (χ4v) is 1.83. The normalized spacial score (nSPS) is 25.6. The predicted octanol–water partition coefficient (Wildman–Crippen LogP) is 0.209. The van der Waals surface area contributed by atoms with E-state index < -0.39 is 0 Å². The van der Waals surface area contributed by atoms with E-state index in [2.05, 4.69) is 16.3 Å². The van der Waals surface area contributed by atoms with Crippen molar-refractivity contribution >= 4 is 0 Å². The molecule has 1 rings (SSSR count). The molecule has 0 bridgehead atoms. The predicted molar refractivity (Wildman–Crippen MR) is 54.9 cm³/mol. The summed E-state index contributed by atoms with van der Waals surface area (Å²) in [6, 6.07) is 2.17. The minimum Gasteiger partial charge on any atom is -0.380 e. The van der Waals surface area contributed by atoms with Crippen LogP contribution in [0.3, 0.4) is 0 Å². The third-order valence-corrected chi connectivity index (χ3v) is 2.74. The number of nitrogens with zero attached hydrogens (tertiary/aromatic N) is 2. The first-order valence-corrected chi connectivity index (χ1v) is 5.12. The third kappa shape index (κ3) is 3.26. The van der Waals surface area contributed by atoms with Gasteiger partial charge in [0.2, 0.25) is 0 Å². The Morgan fingerprint density at radius 3 is 3.07 bits per heavy atom. The second kappa shape index (κ2) is 5.97. The number of piperidine rings is 1. The average molecular weight is 197 g/mol. The molecule has 1 saturated heterocycles. The van der Waals surface area contributed by atoms with Gasteiger partial charge in [-0.2, -0.15) is 5.26 Å². The molecular formula is C10H19N3O. The van der Waals surface area contributed by atoms with Crippen molar-refractivity contribution in [2.75, 3.05) is 33.8 Å². The Bertz CT molecular complexity index is 202. The molecule has 1 fully saturated rings. The highest BCUT2D eigenvalue weighted by Crippen LogP contribution is 2.12. The van der Waals surface area contributed by atoms with Crippen molar-refractivity contribution in [3.8, 4) is 6.07 Å². The molecule has 1 heterocycles. The van der Waals surface area contributed by atoms with Crippen LogP contribution in [0.2, 0.25) is 0 Å². The Morgan fingerprint density at radius 1 is 1.71 bits per heavy atom. The first-order valence-electron chi connectivity index (χ1n) is 5.12. The lowest BCUT2D eigenvalue weighted by Crippen LogP contribution is -2.45. The fraction of sp³-hybridized carbons (Fsp3) is 0.900. The SMILES string of the molecule is CNC(C#N)CN1CCCC(OC)C1. The van der Waals surface area contributed by atoms with Crippen LogP contribution >= 0.6 is 0 Å². The van der Waals surface area contributed by atoms with E-state index in [0.29, 0.717) is 6.10 Å². The monoisotopic (exact) mass is 197 g/mol. The topological polar surface area (TPSA) is 48.3 Å². The summed E-state index contributed by atoms with van der Waals surface area (Å²) in [5.74, 6) is 0. The summed E-state index contributed by atoms with van der Waals surface area (Å²) in [4.78, 5) is 2.29. The van der Waals surface area contributed by atoms with Gasteiger partial charge in [-0.3, -0.25) is 4.90 Å². The maximum Gasteiger partial charge on any atom is 0.108 e. The molecule has 0 aromatic rings. The van der Waals surface area contributed by atoms with Crippen molar-refractivity contribution in [2.24, 2.45) is 0 Å². The largest absolute Gasteiger partial charge is 0.380 e. The first kappa shape index (κ1) is 11.4. The maximum atomic E-state index is 8.81. The lowest BCUT2D eigenvalue weighted by molar-refractivity contribution is 0.0302. The van der Waals surface area contributed by atoms with Gasteiger partial charge >= 0.3 is 0 Å². The lowest BCUT2D eigenvalue weighted by atomic mass is 10.1. The van der Waals surface area contributed by atoms with Crippen molar-refractivity contribution in [3.05, 3.63) is 0 Å². The number of nitriles is 1. The Balaban J connectivity index is 2.33. The zero-order chi connectivity index (χ0) is 10.4. The molecular weight excluding hydrogens is 178 g/mol. The smallest absolute Gasteiger partial charge is 0.108 e. The highest BCUT2D eigenvalue weighted by Gasteiger charge is 2.21. The van der Waals surface area contributed by atoms with Gasteiger partial charge in [0.15, 0.2) is 0 Å². The molecule has 2 atom stereocenters. The zero-order valence-corrected chi connectivity index (χ0v) is 8.99. The summed E-state index contributed by atoms with van der Waals surface area (Å²) in [6.45, 7) is 2.84. The summed E-state index contributed by atoms with van der Waals surface area (Å²) >= 11 is 0. The molecule has 4 heteroatoms. The van der Waals surface area contributed by atoms with Gasteiger partial charge in [-0.25, -0.2) is 0 Å². The number of hydrogen-bond acceptors (Lipinski definition) is 4. The second-order valence-corrected chi connectivity index (χ2v) is 3.73. The second-order valence-electron chi connectivity index (χ2n) is 3.73. The highest BCUT2D eigenvalue weighted by molar-refractivity contribution is 4.92.